The van der Waals surface area contributed by atoms with Gasteiger partial charge in [-0.15, -0.1) is 10.2 Å². The van der Waals surface area contributed by atoms with Crippen molar-refractivity contribution in [1.29, 1.82) is 5.26 Å². The minimum Gasteiger partial charge on any atom is -0.423 e. The Balaban J connectivity index is 1.53. The van der Waals surface area contributed by atoms with Gasteiger partial charge in [0.15, 0.2) is 5.82 Å². The summed E-state index contributed by atoms with van der Waals surface area (Å²) >= 11 is 0. The van der Waals surface area contributed by atoms with Crippen LogP contribution in [-0.2, 0) is 13.0 Å². The fourth-order valence-electron chi connectivity index (χ4n) is 3.28. The van der Waals surface area contributed by atoms with E-state index in [9.17, 15) is 10.1 Å². The van der Waals surface area contributed by atoms with Gasteiger partial charge in [-0.2, -0.15) is 5.26 Å². The molecule has 0 fully saturated rings. The van der Waals surface area contributed by atoms with Crippen LogP contribution in [0.25, 0.3) is 11.6 Å². The van der Waals surface area contributed by atoms with Crippen molar-refractivity contribution in [3.63, 3.8) is 0 Å². The number of carbonyl (C=O) groups excluding carboxylic acids is 1. The number of nitriles is 1. The summed E-state index contributed by atoms with van der Waals surface area (Å²) in [7, 11) is 0. The molecule has 0 radical (unpaired) electrons. The minimum atomic E-state index is -0.467. The van der Waals surface area contributed by atoms with Gasteiger partial charge in [-0.05, 0) is 48.7 Å². The molecule has 29 heavy (non-hydrogen) atoms. The predicted octanol–water partition coefficient (Wildman–Crippen LogP) is 3.68. The largest absolute Gasteiger partial charge is 0.423 e. The number of ether oxygens (including phenoxy) is 1. The van der Waals surface area contributed by atoms with Crippen LogP contribution in [0.3, 0.4) is 0 Å². The van der Waals surface area contributed by atoms with E-state index in [1.54, 1.807) is 48.7 Å². The van der Waals surface area contributed by atoms with Crippen molar-refractivity contribution in [3.8, 4) is 11.8 Å². The highest BCUT2D eigenvalue weighted by Crippen LogP contribution is 2.22. The standard InChI is InChI=1S/C22H19N5O2/c23-14-18(21-26-25-20-6-2-1-3-12-27(20)21)13-16-7-9-19(10-8-16)29-22(28)17-5-4-11-24-15-17/h4-5,7-11,13,15H,1-3,6,12H2/b18-13+. The third-order valence-corrected chi connectivity index (χ3v) is 4.77. The third kappa shape index (κ3) is 4.22. The molecule has 0 aliphatic carbocycles. The van der Waals surface area contributed by atoms with Gasteiger partial charge in [0.2, 0.25) is 0 Å². The van der Waals surface area contributed by atoms with Gasteiger partial charge in [-0.3, -0.25) is 4.98 Å². The van der Waals surface area contributed by atoms with Crippen molar-refractivity contribution in [1.82, 2.24) is 19.7 Å². The topological polar surface area (TPSA) is 93.7 Å². The molecule has 3 heterocycles. The molecule has 144 valence electrons. The molecular weight excluding hydrogens is 366 g/mol. The molecule has 0 atom stereocenters. The molecule has 2 aromatic heterocycles. The van der Waals surface area contributed by atoms with Gasteiger partial charge in [-0.1, -0.05) is 18.6 Å². The van der Waals surface area contributed by atoms with Crippen LogP contribution in [-0.4, -0.2) is 25.7 Å². The van der Waals surface area contributed by atoms with Crippen LogP contribution in [0, 0.1) is 11.3 Å². The highest BCUT2D eigenvalue weighted by molar-refractivity contribution is 5.91. The molecule has 0 saturated carbocycles. The summed E-state index contributed by atoms with van der Waals surface area (Å²) < 4.78 is 7.40. The second-order valence-electron chi connectivity index (χ2n) is 6.77. The molecule has 7 nitrogen and oxygen atoms in total. The van der Waals surface area contributed by atoms with E-state index < -0.39 is 5.97 Å². The number of pyridine rings is 1. The van der Waals surface area contributed by atoms with Crippen molar-refractivity contribution >= 4 is 17.6 Å². The first kappa shape index (κ1) is 18.6. The summed E-state index contributed by atoms with van der Waals surface area (Å²) in [6.07, 6.45) is 9.04. The van der Waals surface area contributed by atoms with Gasteiger partial charge < -0.3 is 9.30 Å². The predicted molar refractivity (Wildman–Crippen MR) is 107 cm³/mol. The molecule has 0 amide bonds. The number of hydrogen-bond donors (Lipinski definition) is 0. The van der Waals surface area contributed by atoms with Crippen LogP contribution in [0.1, 0.15) is 46.8 Å². The second-order valence-corrected chi connectivity index (χ2v) is 6.77. The SMILES string of the molecule is N#C/C(=C\c1ccc(OC(=O)c2cccnc2)cc1)c1nnc2n1CCCCC2. The van der Waals surface area contributed by atoms with Crippen molar-refractivity contribution in [2.45, 2.75) is 32.2 Å². The van der Waals surface area contributed by atoms with E-state index in [-0.39, 0.29) is 0 Å². The first-order valence-electron chi connectivity index (χ1n) is 9.51. The van der Waals surface area contributed by atoms with Crippen LogP contribution >= 0.6 is 0 Å². The second kappa shape index (κ2) is 8.48. The molecule has 0 N–H and O–H groups in total. The lowest BCUT2D eigenvalue weighted by Crippen LogP contribution is -2.08. The number of fused-ring (bicyclic) bond motifs is 1. The van der Waals surface area contributed by atoms with Gasteiger partial charge in [0.25, 0.3) is 0 Å². The van der Waals surface area contributed by atoms with E-state index in [1.165, 1.54) is 6.20 Å². The molecule has 3 aromatic rings. The Hall–Kier alpha value is -3.79. The highest BCUT2D eigenvalue weighted by Gasteiger charge is 2.17. The van der Waals surface area contributed by atoms with E-state index in [4.69, 9.17) is 4.74 Å². The van der Waals surface area contributed by atoms with Gasteiger partial charge in [0.1, 0.15) is 17.6 Å². The molecule has 7 heteroatoms. The van der Waals surface area contributed by atoms with Crippen LogP contribution in [0.2, 0.25) is 0 Å². The van der Waals surface area contributed by atoms with Gasteiger partial charge in [-0.25, -0.2) is 4.79 Å². The zero-order valence-corrected chi connectivity index (χ0v) is 15.8. The Bertz CT molecular complexity index is 1080. The monoisotopic (exact) mass is 385 g/mol. The normalized spacial score (nSPS) is 13.8. The van der Waals surface area contributed by atoms with Crippen LogP contribution in [0.15, 0.2) is 48.8 Å². The number of carbonyl (C=O) groups is 1. The molecule has 1 aliphatic rings. The first-order chi connectivity index (χ1) is 14.2. The molecule has 0 unspecified atom stereocenters. The average molecular weight is 385 g/mol. The van der Waals surface area contributed by atoms with E-state index >= 15 is 0 Å². The lowest BCUT2D eigenvalue weighted by Gasteiger charge is -2.06. The van der Waals surface area contributed by atoms with Gasteiger partial charge in [0.05, 0.1) is 11.1 Å². The molecule has 4 rings (SSSR count). The molecule has 1 aliphatic heterocycles. The summed E-state index contributed by atoms with van der Waals surface area (Å²) in [5, 5.41) is 18.2. The number of hydrogen-bond acceptors (Lipinski definition) is 6. The van der Waals surface area contributed by atoms with E-state index in [0.29, 0.717) is 22.7 Å². The third-order valence-electron chi connectivity index (χ3n) is 4.77. The average Bonchev–Trinajstić information content (AvgIpc) is 3.01. The molecule has 0 spiro atoms. The minimum absolute atomic E-state index is 0.385. The molecule has 0 saturated heterocycles. The number of benzene rings is 1. The Kier molecular flexibility index (Phi) is 5.43. The number of esters is 1. The maximum absolute atomic E-state index is 12.1. The summed E-state index contributed by atoms with van der Waals surface area (Å²) in [6.45, 7) is 0.833. The number of aryl methyl sites for hydroxylation is 1. The summed E-state index contributed by atoms with van der Waals surface area (Å²) in [6, 6.07) is 12.5. The smallest absolute Gasteiger partial charge is 0.345 e. The maximum atomic E-state index is 12.1. The summed E-state index contributed by atoms with van der Waals surface area (Å²) in [4.78, 5) is 16.0. The Labute approximate surface area is 168 Å². The van der Waals surface area contributed by atoms with Crippen molar-refractivity contribution in [3.05, 3.63) is 71.6 Å². The Morgan fingerprint density at radius 3 is 2.76 bits per heavy atom. The van der Waals surface area contributed by atoms with E-state index in [1.807, 2.05) is 4.57 Å². The number of nitrogens with zero attached hydrogens (tertiary/aromatic N) is 5. The summed E-state index contributed by atoms with van der Waals surface area (Å²) in [5.41, 5.74) is 1.66. The fourth-order valence-corrected chi connectivity index (χ4v) is 3.28. The lowest BCUT2D eigenvalue weighted by molar-refractivity contribution is 0.0734. The van der Waals surface area contributed by atoms with Gasteiger partial charge >= 0.3 is 5.97 Å². The zero-order chi connectivity index (χ0) is 20.1. The maximum Gasteiger partial charge on any atom is 0.345 e. The Morgan fingerprint density at radius 2 is 2.00 bits per heavy atom. The van der Waals surface area contributed by atoms with Crippen LogP contribution in [0.5, 0.6) is 5.75 Å². The molecule has 0 bridgehead atoms. The number of aromatic nitrogens is 4. The quantitative estimate of drug-likeness (QED) is 0.386. The van der Waals surface area contributed by atoms with E-state index in [2.05, 4.69) is 21.3 Å². The van der Waals surface area contributed by atoms with E-state index in [0.717, 1.165) is 43.6 Å². The van der Waals surface area contributed by atoms with Gasteiger partial charge in [0, 0.05) is 25.4 Å². The highest BCUT2D eigenvalue weighted by atomic mass is 16.5. The van der Waals surface area contributed by atoms with Crippen molar-refractivity contribution < 1.29 is 9.53 Å². The summed E-state index contributed by atoms with van der Waals surface area (Å²) in [5.74, 6) is 1.50. The van der Waals surface area contributed by atoms with Crippen LogP contribution in [0.4, 0.5) is 0 Å². The molecular formula is C22H19N5O2. The zero-order valence-electron chi connectivity index (χ0n) is 15.8. The first-order valence-corrected chi connectivity index (χ1v) is 9.51. The van der Waals surface area contributed by atoms with Crippen LogP contribution < -0.4 is 4.74 Å². The van der Waals surface area contributed by atoms with Crippen molar-refractivity contribution in [2.75, 3.05) is 0 Å². The number of rotatable bonds is 4. The lowest BCUT2D eigenvalue weighted by atomic mass is 10.1. The number of allylic oxidation sites excluding steroid dienone is 1. The van der Waals surface area contributed by atoms with Crippen molar-refractivity contribution in [2.24, 2.45) is 0 Å². The molecule has 1 aromatic carbocycles. The Morgan fingerprint density at radius 1 is 1.14 bits per heavy atom. The fraction of sp³-hybridized carbons (Fsp3) is 0.227.